The van der Waals surface area contributed by atoms with Crippen LogP contribution in [0.15, 0.2) is 29.4 Å². The van der Waals surface area contributed by atoms with Crippen molar-refractivity contribution in [2.45, 2.75) is 0 Å². The van der Waals surface area contributed by atoms with E-state index in [1.807, 2.05) is 0 Å². The van der Waals surface area contributed by atoms with Crippen molar-refractivity contribution < 1.29 is 4.79 Å². The molecule has 1 aromatic carbocycles. The van der Waals surface area contributed by atoms with Crippen molar-refractivity contribution in [3.8, 4) is 0 Å². The summed E-state index contributed by atoms with van der Waals surface area (Å²) in [6.45, 7) is 0. The first-order valence-electron chi connectivity index (χ1n) is 3.92. The van der Waals surface area contributed by atoms with Crippen LogP contribution >= 0.6 is 11.6 Å². The number of hydrogen-bond donors (Lipinski definition) is 1. The highest BCUT2D eigenvalue weighted by atomic mass is 35.5. The molecular formula is C9H10ClN3O. The van der Waals surface area contributed by atoms with Crippen molar-refractivity contribution in [3.63, 3.8) is 0 Å². The molecule has 0 atom stereocenters. The number of hydrazone groups is 1. The van der Waals surface area contributed by atoms with Crippen molar-refractivity contribution in [1.82, 2.24) is 5.01 Å². The lowest BCUT2D eigenvalue weighted by Crippen LogP contribution is -2.27. The van der Waals surface area contributed by atoms with E-state index in [4.69, 9.17) is 17.3 Å². The van der Waals surface area contributed by atoms with Gasteiger partial charge in [0.2, 0.25) is 0 Å². The highest BCUT2D eigenvalue weighted by Crippen LogP contribution is 2.07. The van der Waals surface area contributed by atoms with Crippen molar-refractivity contribution in [2.75, 3.05) is 7.05 Å². The van der Waals surface area contributed by atoms with Gasteiger partial charge in [0.15, 0.2) is 0 Å². The van der Waals surface area contributed by atoms with Gasteiger partial charge in [0.25, 0.3) is 0 Å². The first-order chi connectivity index (χ1) is 6.59. The molecule has 0 bridgehead atoms. The van der Waals surface area contributed by atoms with Crippen LogP contribution < -0.4 is 5.73 Å². The molecule has 0 aliphatic rings. The summed E-state index contributed by atoms with van der Waals surface area (Å²) in [7, 11) is 1.48. The Bertz CT molecular complexity index is 348. The minimum absolute atomic E-state index is 0.602. The Morgan fingerprint density at radius 3 is 2.57 bits per heavy atom. The quantitative estimate of drug-likeness (QED) is 0.587. The first-order valence-corrected chi connectivity index (χ1v) is 4.30. The van der Waals surface area contributed by atoms with Crippen LogP contribution in [-0.4, -0.2) is 24.3 Å². The molecule has 14 heavy (non-hydrogen) atoms. The van der Waals surface area contributed by atoms with E-state index < -0.39 is 6.03 Å². The highest BCUT2D eigenvalue weighted by Gasteiger charge is 1.97. The van der Waals surface area contributed by atoms with E-state index in [2.05, 4.69) is 5.10 Å². The third-order valence-corrected chi connectivity index (χ3v) is 1.82. The number of rotatable bonds is 2. The van der Waals surface area contributed by atoms with Gasteiger partial charge in [-0.05, 0) is 17.7 Å². The molecule has 2 amide bonds. The number of primary amides is 1. The van der Waals surface area contributed by atoms with Gasteiger partial charge in [0.05, 0.1) is 6.21 Å². The van der Waals surface area contributed by atoms with E-state index >= 15 is 0 Å². The second-order valence-electron chi connectivity index (χ2n) is 2.66. The number of urea groups is 1. The number of carbonyl (C=O) groups is 1. The fraction of sp³-hybridized carbons (Fsp3) is 0.111. The minimum Gasteiger partial charge on any atom is -0.350 e. The maximum absolute atomic E-state index is 10.6. The molecule has 0 spiro atoms. The monoisotopic (exact) mass is 211 g/mol. The Kier molecular flexibility index (Phi) is 3.48. The third-order valence-electron chi connectivity index (χ3n) is 1.57. The molecule has 4 nitrogen and oxygen atoms in total. The summed E-state index contributed by atoms with van der Waals surface area (Å²) in [4.78, 5) is 10.6. The zero-order valence-electron chi connectivity index (χ0n) is 7.64. The van der Waals surface area contributed by atoms with Gasteiger partial charge in [-0.25, -0.2) is 9.80 Å². The van der Waals surface area contributed by atoms with Gasteiger partial charge >= 0.3 is 6.03 Å². The molecule has 0 saturated heterocycles. The van der Waals surface area contributed by atoms with Crippen molar-refractivity contribution in [1.29, 1.82) is 0 Å². The summed E-state index contributed by atoms with van der Waals surface area (Å²) >= 11 is 5.70. The number of nitrogens with zero attached hydrogens (tertiary/aromatic N) is 2. The number of hydrogen-bond acceptors (Lipinski definition) is 2. The standard InChI is InChI=1S/C9H10ClN3O/c1-13(9(11)14)12-6-7-2-4-8(10)5-3-7/h2-6H,1H3,(H2,11,14)/b12-6+. The average molecular weight is 212 g/mol. The highest BCUT2D eigenvalue weighted by molar-refractivity contribution is 6.30. The largest absolute Gasteiger partial charge is 0.350 e. The summed E-state index contributed by atoms with van der Waals surface area (Å²) in [5, 5.41) is 5.52. The molecule has 0 unspecified atom stereocenters. The van der Waals surface area contributed by atoms with Gasteiger partial charge in [-0.15, -0.1) is 0 Å². The number of amides is 2. The lowest BCUT2D eigenvalue weighted by atomic mass is 10.2. The molecule has 0 fully saturated rings. The zero-order chi connectivity index (χ0) is 10.6. The van der Waals surface area contributed by atoms with Gasteiger partial charge < -0.3 is 5.73 Å². The van der Waals surface area contributed by atoms with Gasteiger partial charge in [0.1, 0.15) is 0 Å². The minimum atomic E-state index is -0.602. The number of nitrogens with two attached hydrogens (primary N) is 1. The molecule has 0 radical (unpaired) electrons. The Balaban J connectivity index is 2.69. The van der Waals surface area contributed by atoms with Gasteiger partial charge in [-0.3, -0.25) is 0 Å². The van der Waals surface area contributed by atoms with Crippen LogP contribution in [0.25, 0.3) is 0 Å². The Hall–Kier alpha value is -1.55. The fourth-order valence-electron chi connectivity index (χ4n) is 0.759. The molecular weight excluding hydrogens is 202 g/mol. The summed E-state index contributed by atoms with van der Waals surface area (Å²) < 4.78 is 0. The van der Waals surface area contributed by atoms with E-state index in [1.54, 1.807) is 24.3 Å². The van der Waals surface area contributed by atoms with Crippen LogP contribution in [-0.2, 0) is 0 Å². The summed E-state index contributed by atoms with van der Waals surface area (Å²) in [5.41, 5.74) is 5.83. The lowest BCUT2D eigenvalue weighted by Gasteiger charge is -2.05. The first kappa shape index (κ1) is 10.5. The normalized spacial score (nSPS) is 10.4. The second-order valence-corrected chi connectivity index (χ2v) is 3.09. The van der Waals surface area contributed by atoms with Crippen molar-refractivity contribution >= 4 is 23.8 Å². The van der Waals surface area contributed by atoms with E-state index in [-0.39, 0.29) is 0 Å². The van der Waals surface area contributed by atoms with Crippen LogP contribution in [0.3, 0.4) is 0 Å². The number of carbonyl (C=O) groups excluding carboxylic acids is 1. The third kappa shape index (κ3) is 3.06. The van der Waals surface area contributed by atoms with E-state index in [9.17, 15) is 4.79 Å². The second kappa shape index (κ2) is 4.62. The molecule has 0 aliphatic heterocycles. The van der Waals surface area contributed by atoms with Crippen LogP contribution in [0.5, 0.6) is 0 Å². The Morgan fingerprint density at radius 2 is 2.07 bits per heavy atom. The topological polar surface area (TPSA) is 58.7 Å². The Labute approximate surface area is 87.0 Å². The van der Waals surface area contributed by atoms with Crippen LogP contribution in [0.4, 0.5) is 4.79 Å². The van der Waals surface area contributed by atoms with Crippen LogP contribution in [0, 0.1) is 0 Å². The molecule has 1 rings (SSSR count). The fourth-order valence-corrected chi connectivity index (χ4v) is 0.885. The molecule has 5 heteroatoms. The molecule has 1 aromatic rings. The van der Waals surface area contributed by atoms with Crippen LogP contribution in [0.2, 0.25) is 5.02 Å². The maximum atomic E-state index is 10.6. The molecule has 0 aliphatic carbocycles. The SMILES string of the molecule is CN(/N=C/c1ccc(Cl)cc1)C(N)=O. The summed E-state index contributed by atoms with van der Waals surface area (Å²) in [6.07, 6.45) is 1.53. The average Bonchev–Trinajstić information content (AvgIpc) is 2.16. The van der Waals surface area contributed by atoms with E-state index in [0.717, 1.165) is 10.6 Å². The van der Waals surface area contributed by atoms with E-state index in [0.29, 0.717) is 5.02 Å². The Morgan fingerprint density at radius 1 is 1.50 bits per heavy atom. The number of benzene rings is 1. The number of halogens is 1. The van der Waals surface area contributed by atoms with E-state index in [1.165, 1.54) is 13.3 Å². The molecule has 74 valence electrons. The van der Waals surface area contributed by atoms with Gasteiger partial charge in [-0.1, -0.05) is 23.7 Å². The lowest BCUT2D eigenvalue weighted by molar-refractivity contribution is 0.220. The van der Waals surface area contributed by atoms with Crippen molar-refractivity contribution in [3.05, 3.63) is 34.9 Å². The van der Waals surface area contributed by atoms with Crippen molar-refractivity contribution in [2.24, 2.45) is 10.8 Å². The predicted molar refractivity (Wildman–Crippen MR) is 56.4 cm³/mol. The molecule has 0 aromatic heterocycles. The summed E-state index contributed by atoms with van der Waals surface area (Å²) in [5.74, 6) is 0. The van der Waals surface area contributed by atoms with Crippen LogP contribution in [0.1, 0.15) is 5.56 Å². The zero-order valence-corrected chi connectivity index (χ0v) is 8.40. The van der Waals surface area contributed by atoms with Gasteiger partial charge in [-0.2, -0.15) is 5.10 Å². The predicted octanol–water partition coefficient (Wildman–Crippen LogP) is 1.68. The molecule has 0 heterocycles. The molecule has 0 saturated carbocycles. The molecule has 2 N–H and O–H groups in total. The smallest absolute Gasteiger partial charge is 0.334 e. The van der Waals surface area contributed by atoms with Gasteiger partial charge in [0, 0.05) is 12.1 Å². The summed E-state index contributed by atoms with van der Waals surface area (Å²) in [6, 6.07) is 6.47. The maximum Gasteiger partial charge on any atom is 0.334 e.